The molecule has 1 amide bonds. The Morgan fingerprint density at radius 1 is 1.11 bits per heavy atom. The van der Waals surface area contributed by atoms with Gasteiger partial charge in [-0.2, -0.15) is 4.98 Å². The molecule has 0 fully saturated rings. The van der Waals surface area contributed by atoms with E-state index in [0.29, 0.717) is 33.7 Å². The molecule has 0 spiro atoms. The van der Waals surface area contributed by atoms with E-state index < -0.39 is 0 Å². The first-order chi connectivity index (χ1) is 13.6. The number of thiazole rings is 1. The van der Waals surface area contributed by atoms with Crippen LogP contribution < -0.4 is 5.32 Å². The molecule has 2 aromatic carbocycles. The molecule has 0 aliphatic heterocycles. The molecule has 2 heterocycles. The Kier molecular flexibility index (Phi) is 5.18. The predicted molar refractivity (Wildman–Crippen MR) is 109 cm³/mol. The van der Waals surface area contributed by atoms with Gasteiger partial charge >= 0.3 is 0 Å². The third kappa shape index (κ3) is 3.95. The Morgan fingerprint density at radius 3 is 2.61 bits per heavy atom. The number of carbonyl (C=O) groups excluding carboxylic acids is 1. The van der Waals surface area contributed by atoms with Crippen molar-refractivity contribution in [1.82, 2.24) is 15.1 Å². The second kappa shape index (κ2) is 7.92. The maximum absolute atomic E-state index is 12.5. The maximum Gasteiger partial charge on any atom is 0.230 e. The van der Waals surface area contributed by atoms with Crippen molar-refractivity contribution in [1.29, 1.82) is 0 Å². The molecule has 0 bridgehead atoms. The number of carbonyl (C=O) groups is 1. The van der Waals surface area contributed by atoms with Gasteiger partial charge in [-0.1, -0.05) is 47.1 Å². The lowest BCUT2D eigenvalue weighted by Crippen LogP contribution is -2.15. The van der Waals surface area contributed by atoms with E-state index in [-0.39, 0.29) is 12.3 Å². The van der Waals surface area contributed by atoms with Crippen LogP contribution in [-0.2, 0) is 11.2 Å². The third-order valence-corrected chi connectivity index (χ3v) is 5.22. The van der Waals surface area contributed by atoms with Crippen LogP contribution in [0.15, 0.2) is 58.4 Å². The summed E-state index contributed by atoms with van der Waals surface area (Å²) in [7, 11) is 0. The maximum atomic E-state index is 12.5. The fourth-order valence-electron chi connectivity index (χ4n) is 2.70. The highest BCUT2D eigenvalue weighted by Gasteiger charge is 2.15. The van der Waals surface area contributed by atoms with Gasteiger partial charge in [-0.3, -0.25) is 4.79 Å². The van der Waals surface area contributed by atoms with Crippen molar-refractivity contribution in [3.8, 4) is 22.0 Å². The molecule has 0 saturated carbocycles. The lowest BCUT2D eigenvalue weighted by atomic mass is 10.1. The van der Waals surface area contributed by atoms with Crippen LogP contribution in [0.25, 0.3) is 22.0 Å². The van der Waals surface area contributed by atoms with E-state index in [0.717, 1.165) is 10.6 Å². The molecule has 0 aliphatic rings. The summed E-state index contributed by atoms with van der Waals surface area (Å²) in [5.41, 5.74) is 2.86. The molecule has 28 heavy (non-hydrogen) atoms. The fraction of sp³-hybridized carbons (Fsp3) is 0.100. The number of nitrogens with one attached hydrogen (secondary N) is 1. The zero-order valence-electron chi connectivity index (χ0n) is 14.8. The van der Waals surface area contributed by atoms with Crippen LogP contribution in [0.1, 0.15) is 11.6 Å². The molecule has 0 radical (unpaired) electrons. The number of aryl methyl sites for hydroxylation is 1. The minimum Gasteiger partial charge on any atom is -0.339 e. The van der Waals surface area contributed by atoms with Crippen LogP contribution in [0.3, 0.4) is 0 Å². The highest BCUT2D eigenvalue weighted by Crippen LogP contribution is 2.30. The van der Waals surface area contributed by atoms with Crippen LogP contribution >= 0.6 is 22.9 Å². The lowest BCUT2D eigenvalue weighted by molar-refractivity contribution is -0.115. The van der Waals surface area contributed by atoms with Gasteiger partial charge in [0.15, 0.2) is 0 Å². The molecule has 2 aromatic heterocycles. The quantitative estimate of drug-likeness (QED) is 0.500. The second-order valence-corrected chi connectivity index (χ2v) is 7.30. The highest BCUT2D eigenvalue weighted by molar-refractivity contribution is 7.13. The van der Waals surface area contributed by atoms with E-state index in [1.807, 2.05) is 47.8 Å². The molecule has 0 aliphatic carbocycles. The number of amides is 1. The van der Waals surface area contributed by atoms with Gasteiger partial charge in [-0.15, -0.1) is 11.3 Å². The molecule has 4 aromatic rings. The lowest BCUT2D eigenvalue weighted by Gasteiger charge is -2.08. The zero-order chi connectivity index (χ0) is 19.5. The van der Waals surface area contributed by atoms with E-state index in [2.05, 4.69) is 20.4 Å². The molecule has 140 valence electrons. The molecule has 8 heteroatoms. The smallest absolute Gasteiger partial charge is 0.230 e. The summed E-state index contributed by atoms with van der Waals surface area (Å²) in [5, 5.41) is 10.1. The summed E-state index contributed by atoms with van der Waals surface area (Å²) in [6.45, 7) is 1.72. The molecule has 0 saturated heterocycles. The minimum absolute atomic E-state index is 0.153. The van der Waals surface area contributed by atoms with Gasteiger partial charge in [0.1, 0.15) is 5.01 Å². The zero-order valence-corrected chi connectivity index (χ0v) is 16.4. The van der Waals surface area contributed by atoms with Crippen molar-refractivity contribution in [2.45, 2.75) is 13.3 Å². The van der Waals surface area contributed by atoms with Crippen molar-refractivity contribution in [3.05, 3.63) is 70.5 Å². The van der Waals surface area contributed by atoms with Crippen LogP contribution in [0, 0.1) is 6.92 Å². The van der Waals surface area contributed by atoms with Gasteiger partial charge in [0, 0.05) is 23.4 Å². The van der Waals surface area contributed by atoms with Gasteiger partial charge in [0.05, 0.1) is 22.8 Å². The molecular formula is C20H15ClN4O2S. The van der Waals surface area contributed by atoms with Crippen LogP contribution in [-0.4, -0.2) is 21.0 Å². The molecule has 4 rings (SSSR count). The normalized spacial score (nSPS) is 10.8. The van der Waals surface area contributed by atoms with Gasteiger partial charge < -0.3 is 9.84 Å². The number of hydrogen-bond donors (Lipinski definition) is 1. The average Bonchev–Trinajstić information content (AvgIpc) is 3.31. The van der Waals surface area contributed by atoms with Crippen LogP contribution in [0.5, 0.6) is 0 Å². The summed E-state index contributed by atoms with van der Waals surface area (Å²) in [6, 6.07) is 14.8. The minimum atomic E-state index is -0.177. The van der Waals surface area contributed by atoms with E-state index in [1.54, 1.807) is 13.0 Å². The first-order valence-corrected chi connectivity index (χ1v) is 9.75. The SMILES string of the molecule is Cc1nc(-c2ccccc2NC(=O)Cc2csc(-c3ccccc3Cl)n2)no1. The number of halogens is 1. The van der Waals surface area contributed by atoms with Gasteiger partial charge in [0.25, 0.3) is 0 Å². The van der Waals surface area contributed by atoms with Gasteiger partial charge in [-0.05, 0) is 18.2 Å². The Morgan fingerprint density at radius 2 is 1.86 bits per heavy atom. The fourth-order valence-corrected chi connectivity index (χ4v) is 3.84. The van der Waals surface area contributed by atoms with Crippen LogP contribution in [0.2, 0.25) is 5.02 Å². The first kappa shape index (κ1) is 18.3. The Bertz CT molecular complexity index is 1140. The summed E-state index contributed by atoms with van der Waals surface area (Å²) < 4.78 is 5.04. The first-order valence-electron chi connectivity index (χ1n) is 8.49. The molecule has 1 N–H and O–H groups in total. The highest BCUT2D eigenvalue weighted by atomic mass is 35.5. The van der Waals surface area contributed by atoms with Crippen molar-refractivity contribution < 1.29 is 9.32 Å². The van der Waals surface area contributed by atoms with E-state index in [4.69, 9.17) is 16.1 Å². The van der Waals surface area contributed by atoms with Crippen molar-refractivity contribution in [3.63, 3.8) is 0 Å². The number of para-hydroxylation sites is 1. The summed E-state index contributed by atoms with van der Waals surface area (Å²) in [5.74, 6) is 0.720. The Balaban J connectivity index is 1.50. The number of hydrogen-bond acceptors (Lipinski definition) is 6. The van der Waals surface area contributed by atoms with Crippen LogP contribution in [0.4, 0.5) is 5.69 Å². The number of nitrogens with zero attached hydrogens (tertiary/aromatic N) is 3. The number of aromatic nitrogens is 3. The standard InChI is InChI=1S/C20H15ClN4O2S/c1-12-22-19(25-27-12)15-7-3-5-9-17(15)24-18(26)10-13-11-28-20(23-13)14-6-2-4-8-16(14)21/h2-9,11H,10H2,1H3,(H,24,26). The van der Waals surface area contributed by atoms with Gasteiger partial charge in [-0.25, -0.2) is 4.98 Å². The molecule has 0 atom stereocenters. The van der Waals surface area contributed by atoms with E-state index in [1.165, 1.54) is 11.3 Å². The molecular weight excluding hydrogens is 396 g/mol. The number of benzene rings is 2. The summed E-state index contributed by atoms with van der Waals surface area (Å²) in [6.07, 6.45) is 0.153. The Labute approximate surface area is 170 Å². The second-order valence-electron chi connectivity index (χ2n) is 6.03. The molecule has 0 unspecified atom stereocenters. The average molecular weight is 411 g/mol. The largest absolute Gasteiger partial charge is 0.339 e. The summed E-state index contributed by atoms with van der Waals surface area (Å²) in [4.78, 5) is 21.3. The predicted octanol–water partition coefficient (Wildman–Crippen LogP) is 5.00. The number of rotatable bonds is 5. The van der Waals surface area contributed by atoms with Crippen molar-refractivity contribution in [2.24, 2.45) is 0 Å². The van der Waals surface area contributed by atoms with Gasteiger partial charge in [0.2, 0.25) is 17.6 Å². The van der Waals surface area contributed by atoms with E-state index >= 15 is 0 Å². The summed E-state index contributed by atoms with van der Waals surface area (Å²) >= 11 is 7.69. The van der Waals surface area contributed by atoms with E-state index in [9.17, 15) is 4.79 Å². The molecule has 6 nitrogen and oxygen atoms in total. The third-order valence-electron chi connectivity index (χ3n) is 3.97. The van der Waals surface area contributed by atoms with Crippen molar-refractivity contribution >= 4 is 34.5 Å². The monoisotopic (exact) mass is 410 g/mol. The van der Waals surface area contributed by atoms with Crippen molar-refractivity contribution in [2.75, 3.05) is 5.32 Å². The number of anilines is 1. The topological polar surface area (TPSA) is 80.9 Å². The Hall–Kier alpha value is -3.03.